The minimum absolute atomic E-state index is 0.351. The first-order valence-corrected chi connectivity index (χ1v) is 4.26. The fourth-order valence-electron chi connectivity index (χ4n) is 1.48. The molecule has 0 aliphatic heterocycles. The Morgan fingerprint density at radius 3 is 2.54 bits per heavy atom. The fraction of sp³-hybridized carbons (Fsp3) is 0.556. The summed E-state index contributed by atoms with van der Waals surface area (Å²) in [7, 11) is 0. The Balaban J connectivity index is 2.58. The van der Waals surface area contributed by atoms with Crippen LogP contribution in [0.3, 0.4) is 0 Å². The van der Waals surface area contributed by atoms with Gasteiger partial charge in [0.15, 0.2) is 0 Å². The third kappa shape index (κ3) is 2.57. The predicted molar refractivity (Wildman–Crippen MR) is 45.3 cm³/mol. The Morgan fingerprint density at radius 2 is 2.00 bits per heavy atom. The molecule has 0 fully saturated rings. The number of aliphatic carboxylic acids is 2. The molecule has 1 rings (SSSR count). The average Bonchev–Trinajstić information content (AvgIpc) is 2.27. The summed E-state index contributed by atoms with van der Waals surface area (Å²) in [6, 6.07) is 0. The van der Waals surface area contributed by atoms with Gasteiger partial charge in [-0.2, -0.15) is 0 Å². The number of carboxylic acids is 2. The van der Waals surface area contributed by atoms with Crippen LogP contribution in [0.4, 0.5) is 0 Å². The zero-order valence-corrected chi connectivity index (χ0v) is 7.19. The highest BCUT2D eigenvalue weighted by Gasteiger charge is 2.21. The lowest BCUT2D eigenvalue weighted by Gasteiger charge is -2.06. The van der Waals surface area contributed by atoms with Gasteiger partial charge in [0.2, 0.25) is 0 Å². The lowest BCUT2D eigenvalue weighted by atomic mass is 10.00. The zero-order valence-electron chi connectivity index (χ0n) is 7.19. The summed E-state index contributed by atoms with van der Waals surface area (Å²) < 4.78 is 0. The molecule has 1 aliphatic rings. The summed E-state index contributed by atoms with van der Waals surface area (Å²) in [5.74, 6) is -2.13. The SMILES string of the molecule is O=C(O)C1=CCCC(C(=O)O)CC1. The second-order valence-electron chi connectivity index (χ2n) is 3.19. The molecule has 0 spiro atoms. The van der Waals surface area contributed by atoms with Gasteiger partial charge in [0.05, 0.1) is 5.92 Å². The van der Waals surface area contributed by atoms with Crippen LogP contribution >= 0.6 is 0 Å². The summed E-state index contributed by atoms with van der Waals surface area (Å²) in [6.07, 6.45) is 3.54. The molecule has 0 bridgehead atoms. The van der Waals surface area contributed by atoms with Crippen molar-refractivity contribution in [3.05, 3.63) is 11.6 Å². The molecule has 2 N–H and O–H groups in total. The van der Waals surface area contributed by atoms with E-state index in [1.165, 1.54) is 0 Å². The van der Waals surface area contributed by atoms with E-state index in [2.05, 4.69) is 0 Å². The minimum Gasteiger partial charge on any atom is -0.481 e. The number of allylic oxidation sites excluding steroid dienone is 1. The van der Waals surface area contributed by atoms with Crippen LogP contribution in [0.25, 0.3) is 0 Å². The van der Waals surface area contributed by atoms with Crippen LogP contribution in [-0.2, 0) is 9.59 Å². The molecule has 0 aromatic carbocycles. The normalized spacial score (nSPS) is 23.1. The average molecular weight is 184 g/mol. The van der Waals surface area contributed by atoms with Crippen LogP contribution in [0.2, 0.25) is 0 Å². The summed E-state index contributed by atoms with van der Waals surface area (Å²) in [5, 5.41) is 17.4. The molecule has 0 radical (unpaired) electrons. The molecule has 0 heterocycles. The maximum Gasteiger partial charge on any atom is 0.331 e. The van der Waals surface area contributed by atoms with E-state index in [-0.39, 0.29) is 5.92 Å². The van der Waals surface area contributed by atoms with Crippen molar-refractivity contribution < 1.29 is 19.8 Å². The van der Waals surface area contributed by atoms with E-state index in [0.717, 1.165) is 0 Å². The van der Waals surface area contributed by atoms with E-state index < -0.39 is 11.9 Å². The molecule has 1 atom stereocenters. The van der Waals surface area contributed by atoms with E-state index >= 15 is 0 Å². The zero-order chi connectivity index (χ0) is 9.84. The second-order valence-corrected chi connectivity index (χ2v) is 3.19. The lowest BCUT2D eigenvalue weighted by Crippen LogP contribution is -2.12. The van der Waals surface area contributed by atoms with Crippen LogP contribution in [0, 0.1) is 5.92 Å². The van der Waals surface area contributed by atoms with Crippen molar-refractivity contribution in [1.82, 2.24) is 0 Å². The van der Waals surface area contributed by atoms with Crippen LogP contribution in [0.5, 0.6) is 0 Å². The van der Waals surface area contributed by atoms with Crippen LogP contribution in [0.15, 0.2) is 11.6 Å². The van der Waals surface area contributed by atoms with Crippen molar-refractivity contribution in [2.45, 2.75) is 25.7 Å². The highest BCUT2D eigenvalue weighted by molar-refractivity contribution is 5.86. The maximum atomic E-state index is 10.6. The standard InChI is InChI=1S/C9H12O4/c10-8(11)6-2-1-3-7(5-4-6)9(12)13/h2,7H,1,3-5H2,(H,10,11)(H,12,13). The summed E-state index contributed by atoms with van der Waals surface area (Å²) in [6.45, 7) is 0. The van der Waals surface area contributed by atoms with E-state index in [0.29, 0.717) is 31.3 Å². The highest BCUT2D eigenvalue weighted by Crippen LogP contribution is 2.23. The molecule has 4 nitrogen and oxygen atoms in total. The van der Waals surface area contributed by atoms with Gasteiger partial charge in [-0.25, -0.2) is 4.79 Å². The Bertz CT molecular complexity index is 254. The van der Waals surface area contributed by atoms with Gasteiger partial charge in [-0.1, -0.05) is 6.08 Å². The second kappa shape index (κ2) is 4.07. The van der Waals surface area contributed by atoms with Gasteiger partial charge in [-0.3, -0.25) is 4.79 Å². The van der Waals surface area contributed by atoms with Gasteiger partial charge in [-0.05, 0) is 25.7 Å². The number of carbonyl (C=O) groups is 2. The van der Waals surface area contributed by atoms with Crippen molar-refractivity contribution in [2.75, 3.05) is 0 Å². The van der Waals surface area contributed by atoms with Gasteiger partial charge >= 0.3 is 11.9 Å². The summed E-state index contributed by atoms with van der Waals surface area (Å²) >= 11 is 0. The molecule has 0 aromatic heterocycles. The van der Waals surface area contributed by atoms with Crippen molar-refractivity contribution in [1.29, 1.82) is 0 Å². The first-order chi connectivity index (χ1) is 6.11. The molecule has 1 unspecified atom stereocenters. The van der Waals surface area contributed by atoms with Crippen LogP contribution < -0.4 is 0 Å². The van der Waals surface area contributed by atoms with Crippen molar-refractivity contribution in [2.24, 2.45) is 5.92 Å². The molecule has 0 amide bonds. The third-order valence-electron chi connectivity index (χ3n) is 2.29. The van der Waals surface area contributed by atoms with Crippen molar-refractivity contribution >= 4 is 11.9 Å². The Morgan fingerprint density at radius 1 is 1.31 bits per heavy atom. The first kappa shape index (κ1) is 9.77. The van der Waals surface area contributed by atoms with Crippen LogP contribution in [-0.4, -0.2) is 22.2 Å². The predicted octanol–water partition coefficient (Wildman–Crippen LogP) is 1.27. The largest absolute Gasteiger partial charge is 0.481 e. The minimum atomic E-state index is -0.925. The molecular weight excluding hydrogens is 172 g/mol. The summed E-state index contributed by atoms with van der Waals surface area (Å²) in [4.78, 5) is 21.2. The molecule has 4 heteroatoms. The van der Waals surface area contributed by atoms with E-state index in [9.17, 15) is 9.59 Å². The molecule has 0 saturated carbocycles. The third-order valence-corrected chi connectivity index (χ3v) is 2.29. The van der Waals surface area contributed by atoms with E-state index in [1.807, 2.05) is 0 Å². The molecule has 72 valence electrons. The number of hydrogen-bond acceptors (Lipinski definition) is 2. The molecule has 0 saturated heterocycles. The van der Waals surface area contributed by atoms with Gasteiger partial charge in [-0.15, -0.1) is 0 Å². The Kier molecular flexibility index (Phi) is 3.06. The van der Waals surface area contributed by atoms with E-state index in [4.69, 9.17) is 10.2 Å². The van der Waals surface area contributed by atoms with Crippen molar-refractivity contribution in [3.8, 4) is 0 Å². The van der Waals surface area contributed by atoms with Gasteiger partial charge in [0, 0.05) is 5.57 Å². The number of hydrogen-bond donors (Lipinski definition) is 2. The number of carboxylic acid groups (broad SMARTS) is 2. The van der Waals surface area contributed by atoms with Gasteiger partial charge in [0.1, 0.15) is 0 Å². The molecule has 1 aliphatic carbocycles. The van der Waals surface area contributed by atoms with Gasteiger partial charge in [0.25, 0.3) is 0 Å². The monoisotopic (exact) mass is 184 g/mol. The molecule has 13 heavy (non-hydrogen) atoms. The van der Waals surface area contributed by atoms with E-state index in [1.54, 1.807) is 6.08 Å². The molecule has 0 aromatic rings. The smallest absolute Gasteiger partial charge is 0.331 e. The highest BCUT2D eigenvalue weighted by atomic mass is 16.4. The fourth-order valence-corrected chi connectivity index (χ4v) is 1.48. The molecular formula is C9H12O4. The Hall–Kier alpha value is -1.32. The van der Waals surface area contributed by atoms with Crippen LogP contribution in [0.1, 0.15) is 25.7 Å². The van der Waals surface area contributed by atoms with Crippen molar-refractivity contribution in [3.63, 3.8) is 0 Å². The number of rotatable bonds is 2. The lowest BCUT2D eigenvalue weighted by molar-refractivity contribution is -0.142. The maximum absolute atomic E-state index is 10.6. The summed E-state index contributed by atoms with van der Waals surface area (Å²) in [5.41, 5.74) is 0.351. The van der Waals surface area contributed by atoms with Gasteiger partial charge < -0.3 is 10.2 Å². The topological polar surface area (TPSA) is 74.6 Å². The Labute approximate surface area is 75.9 Å². The quantitative estimate of drug-likeness (QED) is 0.677. The first-order valence-electron chi connectivity index (χ1n) is 4.26.